The fourth-order valence-corrected chi connectivity index (χ4v) is 2.93. The number of hydrogen-bond acceptors (Lipinski definition) is 2. The van der Waals surface area contributed by atoms with E-state index in [1.807, 2.05) is 0 Å². The van der Waals surface area contributed by atoms with Crippen LogP contribution in [0.5, 0.6) is 0 Å². The monoisotopic (exact) mass is 268 g/mol. The summed E-state index contributed by atoms with van der Waals surface area (Å²) in [5, 5.41) is 0. The summed E-state index contributed by atoms with van der Waals surface area (Å²) >= 11 is 0. The van der Waals surface area contributed by atoms with E-state index >= 15 is 0 Å². The molecule has 1 aromatic rings. The van der Waals surface area contributed by atoms with Crippen molar-refractivity contribution in [3.8, 4) is 0 Å². The third kappa shape index (κ3) is 3.98. The first-order valence-corrected chi connectivity index (χ1v) is 6.70. The lowest BCUT2D eigenvalue weighted by molar-refractivity contribution is 0.145. The van der Waals surface area contributed by atoms with Crippen molar-refractivity contribution in [2.45, 2.75) is 45.7 Å². The van der Waals surface area contributed by atoms with Gasteiger partial charge < -0.3 is 5.73 Å². The van der Waals surface area contributed by atoms with Gasteiger partial charge in [0, 0.05) is 19.1 Å². The molecule has 1 aliphatic rings. The maximum absolute atomic E-state index is 5.87. The highest BCUT2D eigenvalue weighted by molar-refractivity contribution is 5.85. The largest absolute Gasteiger partial charge is 0.329 e. The predicted octanol–water partition coefficient (Wildman–Crippen LogP) is 3.04. The molecule has 18 heavy (non-hydrogen) atoms. The Kier molecular flexibility index (Phi) is 6.13. The zero-order valence-corrected chi connectivity index (χ0v) is 12.3. The third-order valence-electron chi connectivity index (χ3n) is 3.69. The van der Waals surface area contributed by atoms with E-state index in [1.165, 1.54) is 42.5 Å². The molecule has 2 N–H and O–H groups in total. The number of aryl methyl sites for hydroxylation is 2. The summed E-state index contributed by atoms with van der Waals surface area (Å²) in [4.78, 5) is 2.55. The van der Waals surface area contributed by atoms with Crippen LogP contribution >= 0.6 is 12.4 Å². The Bertz CT molecular complexity index is 359. The highest BCUT2D eigenvalue weighted by Gasteiger charge is 2.20. The first-order valence-electron chi connectivity index (χ1n) is 6.70. The van der Waals surface area contributed by atoms with E-state index in [-0.39, 0.29) is 12.4 Å². The topological polar surface area (TPSA) is 29.3 Å². The average molecular weight is 269 g/mol. The maximum Gasteiger partial charge on any atom is 0.0237 e. The van der Waals surface area contributed by atoms with Crippen molar-refractivity contribution in [2.75, 3.05) is 13.1 Å². The summed E-state index contributed by atoms with van der Waals surface area (Å²) in [5.41, 5.74) is 10.0. The fourth-order valence-electron chi connectivity index (χ4n) is 2.93. The molecule has 2 rings (SSSR count). The van der Waals surface area contributed by atoms with E-state index in [0.717, 1.165) is 13.1 Å². The molecule has 0 saturated carbocycles. The van der Waals surface area contributed by atoms with Crippen LogP contribution in [-0.4, -0.2) is 24.0 Å². The van der Waals surface area contributed by atoms with E-state index in [0.29, 0.717) is 6.04 Å². The van der Waals surface area contributed by atoms with Gasteiger partial charge in [0.1, 0.15) is 0 Å². The summed E-state index contributed by atoms with van der Waals surface area (Å²) in [7, 11) is 0. The summed E-state index contributed by atoms with van der Waals surface area (Å²) < 4.78 is 0. The highest BCUT2D eigenvalue weighted by Crippen LogP contribution is 2.20. The SMILES string of the molecule is Cc1cc(C)cc(CN2CCCCC2CN)c1.Cl. The maximum atomic E-state index is 5.87. The number of nitrogens with zero attached hydrogens (tertiary/aromatic N) is 1. The average Bonchev–Trinajstić information content (AvgIpc) is 2.28. The van der Waals surface area contributed by atoms with E-state index in [9.17, 15) is 0 Å². The van der Waals surface area contributed by atoms with E-state index < -0.39 is 0 Å². The number of piperidine rings is 1. The molecule has 1 aromatic carbocycles. The molecule has 0 aliphatic carbocycles. The van der Waals surface area contributed by atoms with Gasteiger partial charge in [0.25, 0.3) is 0 Å². The molecule has 1 atom stereocenters. The number of halogens is 1. The molecule has 1 heterocycles. The second kappa shape index (κ2) is 7.13. The standard InChI is InChI=1S/C15H24N2.ClH/c1-12-7-13(2)9-14(8-12)11-17-6-4-3-5-15(17)10-16;/h7-9,15H,3-6,10-11,16H2,1-2H3;1H. The van der Waals surface area contributed by atoms with Crippen molar-refractivity contribution in [1.29, 1.82) is 0 Å². The molecule has 1 fully saturated rings. The second-order valence-corrected chi connectivity index (χ2v) is 5.35. The summed E-state index contributed by atoms with van der Waals surface area (Å²) in [6.45, 7) is 7.41. The van der Waals surface area contributed by atoms with Gasteiger partial charge in [-0.1, -0.05) is 35.7 Å². The molecule has 3 heteroatoms. The zero-order valence-electron chi connectivity index (χ0n) is 11.5. The van der Waals surface area contributed by atoms with Crippen molar-refractivity contribution in [2.24, 2.45) is 5.73 Å². The number of rotatable bonds is 3. The van der Waals surface area contributed by atoms with Crippen molar-refractivity contribution < 1.29 is 0 Å². The van der Waals surface area contributed by atoms with Crippen LogP contribution in [0.4, 0.5) is 0 Å². The Morgan fingerprint density at radius 3 is 2.44 bits per heavy atom. The predicted molar refractivity (Wildman–Crippen MR) is 80.3 cm³/mol. The zero-order chi connectivity index (χ0) is 12.3. The van der Waals surface area contributed by atoms with Crippen molar-refractivity contribution in [3.05, 3.63) is 34.9 Å². The smallest absolute Gasteiger partial charge is 0.0237 e. The van der Waals surface area contributed by atoms with Gasteiger partial charge in [-0.25, -0.2) is 0 Å². The van der Waals surface area contributed by atoms with Crippen LogP contribution in [0.1, 0.15) is 36.0 Å². The minimum Gasteiger partial charge on any atom is -0.329 e. The van der Waals surface area contributed by atoms with Crippen LogP contribution in [0, 0.1) is 13.8 Å². The van der Waals surface area contributed by atoms with Crippen LogP contribution in [-0.2, 0) is 6.54 Å². The minimum absolute atomic E-state index is 0. The summed E-state index contributed by atoms with van der Waals surface area (Å²) in [5.74, 6) is 0. The van der Waals surface area contributed by atoms with Gasteiger partial charge in [-0.2, -0.15) is 0 Å². The van der Waals surface area contributed by atoms with Gasteiger partial charge in [-0.05, 0) is 38.8 Å². The Balaban J connectivity index is 0.00000162. The van der Waals surface area contributed by atoms with Crippen molar-refractivity contribution >= 4 is 12.4 Å². The molecule has 2 nitrogen and oxygen atoms in total. The Morgan fingerprint density at radius 1 is 1.17 bits per heavy atom. The van der Waals surface area contributed by atoms with E-state index in [4.69, 9.17) is 5.73 Å². The first kappa shape index (κ1) is 15.5. The summed E-state index contributed by atoms with van der Waals surface area (Å²) in [6, 6.07) is 7.43. The van der Waals surface area contributed by atoms with E-state index in [1.54, 1.807) is 0 Å². The molecule has 1 saturated heterocycles. The van der Waals surface area contributed by atoms with Crippen molar-refractivity contribution in [3.63, 3.8) is 0 Å². The number of hydrogen-bond donors (Lipinski definition) is 1. The molecular weight excluding hydrogens is 244 g/mol. The molecular formula is C15H25ClN2. The quantitative estimate of drug-likeness (QED) is 0.913. The van der Waals surface area contributed by atoms with Gasteiger partial charge in [0.05, 0.1) is 0 Å². The van der Waals surface area contributed by atoms with Gasteiger partial charge >= 0.3 is 0 Å². The molecule has 0 spiro atoms. The number of nitrogens with two attached hydrogens (primary N) is 1. The number of benzene rings is 1. The van der Waals surface area contributed by atoms with Gasteiger partial charge in [0.15, 0.2) is 0 Å². The lowest BCUT2D eigenvalue weighted by atomic mass is 10.0. The molecule has 1 aliphatic heterocycles. The van der Waals surface area contributed by atoms with Crippen LogP contribution in [0.15, 0.2) is 18.2 Å². The second-order valence-electron chi connectivity index (χ2n) is 5.35. The van der Waals surface area contributed by atoms with Crippen LogP contribution in [0.25, 0.3) is 0 Å². The molecule has 0 radical (unpaired) electrons. The minimum atomic E-state index is 0. The Morgan fingerprint density at radius 2 is 1.83 bits per heavy atom. The van der Waals surface area contributed by atoms with E-state index in [2.05, 4.69) is 36.9 Å². The molecule has 1 unspecified atom stereocenters. The summed E-state index contributed by atoms with van der Waals surface area (Å²) in [6.07, 6.45) is 3.92. The lowest BCUT2D eigenvalue weighted by Crippen LogP contribution is -2.43. The van der Waals surface area contributed by atoms with Crippen LogP contribution in [0.3, 0.4) is 0 Å². The molecule has 0 aromatic heterocycles. The van der Waals surface area contributed by atoms with Crippen LogP contribution < -0.4 is 5.73 Å². The van der Waals surface area contributed by atoms with Crippen LogP contribution in [0.2, 0.25) is 0 Å². The van der Waals surface area contributed by atoms with Gasteiger partial charge in [-0.15, -0.1) is 12.4 Å². The normalized spacial score (nSPS) is 20.5. The van der Waals surface area contributed by atoms with Gasteiger partial charge in [-0.3, -0.25) is 4.90 Å². The highest BCUT2D eigenvalue weighted by atomic mass is 35.5. The Hall–Kier alpha value is -0.570. The first-order chi connectivity index (χ1) is 8.19. The Labute approximate surface area is 117 Å². The van der Waals surface area contributed by atoms with Crippen molar-refractivity contribution in [1.82, 2.24) is 4.90 Å². The number of likely N-dealkylation sites (tertiary alicyclic amines) is 1. The molecule has 0 bridgehead atoms. The molecule has 0 amide bonds. The third-order valence-corrected chi connectivity index (χ3v) is 3.69. The molecule has 102 valence electrons. The van der Waals surface area contributed by atoms with Gasteiger partial charge in [0.2, 0.25) is 0 Å². The fraction of sp³-hybridized carbons (Fsp3) is 0.600. The lowest BCUT2D eigenvalue weighted by Gasteiger charge is -2.35.